The Kier molecular flexibility index (Phi) is 4.45. The van der Waals surface area contributed by atoms with Gasteiger partial charge in [-0.3, -0.25) is 14.2 Å². The van der Waals surface area contributed by atoms with E-state index in [1.165, 1.54) is 11.5 Å². The van der Waals surface area contributed by atoms with Crippen molar-refractivity contribution in [1.82, 2.24) is 9.88 Å². The first-order chi connectivity index (χ1) is 7.97. The highest BCUT2D eigenvalue weighted by Gasteiger charge is 2.17. The van der Waals surface area contributed by atoms with E-state index in [9.17, 15) is 14.4 Å². The van der Waals surface area contributed by atoms with E-state index >= 15 is 0 Å². The van der Waals surface area contributed by atoms with E-state index in [0.29, 0.717) is 23.6 Å². The highest BCUT2D eigenvalue weighted by atomic mass is 32.1. The smallest absolute Gasteiger partial charge is 0.347 e. The molecular weight excluding hydrogens is 244 g/mol. The van der Waals surface area contributed by atoms with E-state index in [-0.39, 0.29) is 17.3 Å². The van der Waals surface area contributed by atoms with E-state index in [0.717, 1.165) is 6.42 Å². The Morgan fingerprint density at radius 3 is 2.59 bits per heavy atom. The van der Waals surface area contributed by atoms with E-state index in [4.69, 9.17) is 5.11 Å². The van der Waals surface area contributed by atoms with Crippen LogP contribution in [0.25, 0.3) is 0 Å². The average molecular weight is 258 g/mol. The molecule has 0 saturated carbocycles. The van der Waals surface area contributed by atoms with E-state index in [1.807, 2.05) is 6.92 Å². The van der Waals surface area contributed by atoms with Gasteiger partial charge in [0.05, 0.1) is 0 Å². The van der Waals surface area contributed by atoms with Crippen LogP contribution in [0.2, 0.25) is 0 Å². The lowest BCUT2D eigenvalue weighted by atomic mass is 10.4. The van der Waals surface area contributed by atoms with Gasteiger partial charge < -0.3 is 10.4 Å². The zero-order valence-electron chi connectivity index (χ0n) is 9.65. The number of nitrogens with one attached hydrogen (secondary N) is 1. The monoisotopic (exact) mass is 258 g/mol. The maximum atomic E-state index is 11.5. The Bertz CT molecular complexity index is 489. The number of carboxylic acid groups (broad SMARTS) is 1. The van der Waals surface area contributed by atoms with Gasteiger partial charge >= 0.3 is 10.8 Å². The fraction of sp³-hybridized carbons (Fsp3) is 0.500. The number of carboxylic acids is 1. The molecule has 2 N–H and O–H groups in total. The normalized spacial score (nSPS) is 10.2. The summed E-state index contributed by atoms with van der Waals surface area (Å²) in [6.07, 6.45) is 0.809. The minimum Gasteiger partial charge on any atom is -0.477 e. The van der Waals surface area contributed by atoms with Crippen molar-refractivity contribution < 1.29 is 14.7 Å². The summed E-state index contributed by atoms with van der Waals surface area (Å²) in [5, 5.41) is 11.5. The van der Waals surface area contributed by atoms with Crippen molar-refractivity contribution in [1.29, 1.82) is 0 Å². The second-order valence-electron chi connectivity index (χ2n) is 3.52. The largest absolute Gasteiger partial charge is 0.477 e. The summed E-state index contributed by atoms with van der Waals surface area (Å²) >= 11 is 0.643. The summed E-state index contributed by atoms with van der Waals surface area (Å²) in [5.41, 5.74) is 0.319. The molecule has 94 valence electrons. The molecule has 0 aliphatic carbocycles. The molecule has 17 heavy (non-hydrogen) atoms. The third-order valence-corrected chi connectivity index (χ3v) is 3.28. The van der Waals surface area contributed by atoms with Crippen molar-refractivity contribution in [2.75, 3.05) is 6.54 Å². The van der Waals surface area contributed by atoms with Gasteiger partial charge in [-0.15, -0.1) is 0 Å². The fourth-order valence-electron chi connectivity index (χ4n) is 1.32. The van der Waals surface area contributed by atoms with E-state index in [1.54, 1.807) is 0 Å². The third kappa shape index (κ3) is 3.16. The quantitative estimate of drug-likeness (QED) is 0.802. The lowest BCUT2D eigenvalue weighted by Crippen LogP contribution is -2.31. The zero-order valence-corrected chi connectivity index (χ0v) is 10.5. The van der Waals surface area contributed by atoms with Crippen LogP contribution < -0.4 is 10.2 Å². The SMILES string of the molecule is CCCNC(=O)Cn1c(C)c(C(=O)O)sc1=O. The number of aromatic carboxylic acids is 1. The zero-order chi connectivity index (χ0) is 13.0. The van der Waals surface area contributed by atoms with Crippen molar-refractivity contribution in [3.63, 3.8) is 0 Å². The lowest BCUT2D eigenvalue weighted by molar-refractivity contribution is -0.121. The van der Waals surface area contributed by atoms with Crippen LogP contribution in [0, 0.1) is 6.92 Å². The number of rotatable bonds is 5. The molecule has 1 aromatic rings. The van der Waals surface area contributed by atoms with E-state index < -0.39 is 10.8 Å². The Labute approximate surface area is 102 Å². The van der Waals surface area contributed by atoms with E-state index in [2.05, 4.69) is 5.32 Å². The van der Waals surface area contributed by atoms with Crippen molar-refractivity contribution in [2.24, 2.45) is 0 Å². The van der Waals surface area contributed by atoms with Crippen LogP contribution in [0.3, 0.4) is 0 Å². The first kappa shape index (κ1) is 13.4. The minimum atomic E-state index is -1.14. The molecule has 0 spiro atoms. The number of hydrogen-bond acceptors (Lipinski definition) is 4. The third-order valence-electron chi connectivity index (χ3n) is 2.21. The molecular formula is C10H14N2O4S. The van der Waals surface area contributed by atoms with Gasteiger partial charge in [-0.25, -0.2) is 4.79 Å². The summed E-state index contributed by atoms with van der Waals surface area (Å²) in [6.45, 7) is 3.86. The maximum absolute atomic E-state index is 11.5. The van der Waals surface area contributed by atoms with Crippen LogP contribution in [-0.4, -0.2) is 28.1 Å². The number of hydrogen-bond donors (Lipinski definition) is 2. The summed E-state index contributed by atoms with van der Waals surface area (Å²) in [7, 11) is 0. The molecule has 1 rings (SSSR count). The predicted molar refractivity (Wildman–Crippen MR) is 63.6 cm³/mol. The second-order valence-corrected chi connectivity index (χ2v) is 4.49. The standard InChI is InChI=1S/C10H14N2O4S/c1-3-4-11-7(13)5-12-6(2)8(9(14)15)17-10(12)16/h3-5H2,1-2H3,(H,11,13)(H,14,15). The Balaban J connectivity index is 2.88. The summed E-state index contributed by atoms with van der Waals surface area (Å²) in [6, 6.07) is 0. The highest BCUT2D eigenvalue weighted by Crippen LogP contribution is 2.11. The Morgan fingerprint density at radius 1 is 1.47 bits per heavy atom. The maximum Gasteiger partial charge on any atom is 0.347 e. The number of amides is 1. The molecule has 0 aromatic carbocycles. The summed E-state index contributed by atoms with van der Waals surface area (Å²) < 4.78 is 1.18. The molecule has 0 unspecified atom stereocenters. The molecule has 0 bridgehead atoms. The fourth-order valence-corrected chi connectivity index (χ4v) is 2.15. The van der Waals surface area contributed by atoms with Crippen LogP contribution >= 0.6 is 11.3 Å². The van der Waals surface area contributed by atoms with Gasteiger partial charge in [0.15, 0.2) is 0 Å². The topological polar surface area (TPSA) is 88.4 Å². The molecule has 0 aliphatic heterocycles. The number of aromatic nitrogens is 1. The Morgan fingerprint density at radius 2 is 2.12 bits per heavy atom. The number of nitrogens with zero attached hydrogens (tertiary/aromatic N) is 1. The molecule has 1 amide bonds. The van der Waals surface area contributed by atoms with Crippen LogP contribution in [0.15, 0.2) is 4.79 Å². The molecule has 0 radical (unpaired) electrons. The Hall–Kier alpha value is -1.63. The van der Waals surface area contributed by atoms with Gasteiger partial charge in [0.2, 0.25) is 5.91 Å². The van der Waals surface area contributed by atoms with Gasteiger partial charge in [-0.2, -0.15) is 0 Å². The lowest BCUT2D eigenvalue weighted by Gasteiger charge is -2.05. The highest BCUT2D eigenvalue weighted by molar-refractivity contribution is 7.11. The summed E-state index contributed by atoms with van der Waals surface area (Å²) in [4.78, 5) is 33.3. The second kappa shape index (κ2) is 5.62. The van der Waals surface area contributed by atoms with Crippen LogP contribution in [0.1, 0.15) is 28.7 Å². The number of carbonyl (C=O) groups excluding carboxylic acids is 1. The molecule has 1 aromatic heterocycles. The number of thiazole rings is 1. The van der Waals surface area contributed by atoms with Crippen molar-refractivity contribution in [2.45, 2.75) is 26.8 Å². The van der Waals surface area contributed by atoms with Gasteiger partial charge in [0.1, 0.15) is 11.4 Å². The molecule has 0 atom stereocenters. The van der Waals surface area contributed by atoms with Crippen LogP contribution in [0.4, 0.5) is 0 Å². The molecule has 0 fully saturated rings. The predicted octanol–water partition coefficient (Wildman–Crippen LogP) is 0.443. The van der Waals surface area contributed by atoms with Gasteiger partial charge in [0.25, 0.3) is 0 Å². The molecule has 1 heterocycles. The van der Waals surface area contributed by atoms with Gasteiger partial charge in [-0.05, 0) is 13.3 Å². The molecule has 7 heteroatoms. The molecule has 0 aliphatic rings. The van der Waals surface area contributed by atoms with Gasteiger partial charge in [0, 0.05) is 12.2 Å². The summed E-state index contributed by atoms with van der Waals surface area (Å²) in [5.74, 6) is -1.43. The van der Waals surface area contributed by atoms with Crippen LogP contribution in [-0.2, 0) is 11.3 Å². The van der Waals surface area contributed by atoms with Crippen molar-refractivity contribution >= 4 is 23.2 Å². The number of carbonyl (C=O) groups is 2. The minimum absolute atomic E-state index is 0.0155. The molecule has 0 saturated heterocycles. The first-order valence-corrected chi connectivity index (χ1v) is 5.99. The van der Waals surface area contributed by atoms with Crippen molar-refractivity contribution in [3.8, 4) is 0 Å². The van der Waals surface area contributed by atoms with Gasteiger partial charge in [-0.1, -0.05) is 18.3 Å². The first-order valence-electron chi connectivity index (χ1n) is 5.17. The molecule has 6 nitrogen and oxygen atoms in total. The van der Waals surface area contributed by atoms with Crippen LogP contribution in [0.5, 0.6) is 0 Å². The average Bonchev–Trinajstić information content (AvgIpc) is 2.54. The van der Waals surface area contributed by atoms with Crippen molar-refractivity contribution in [3.05, 3.63) is 20.2 Å².